The molecule has 0 radical (unpaired) electrons. The molecular weight excluding hydrogens is 391 g/mol. The van der Waals surface area contributed by atoms with E-state index in [0.29, 0.717) is 16.3 Å². The molecule has 2 aromatic carbocycles. The normalized spacial score (nSPS) is 11.1. The molecule has 0 aliphatic heterocycles. The fraction of sp³-hybridized carbons (Fsp3) is 0.200. The van der Waals surface area contributed by atoms with E-state index in [4.69, 9.17) is 12.2 Å². The summed E-state index contributed by atoms with van der Waals surface area (Å²) in [6, 6.07) is 11.5. The highest BCUT2D eigenvalue weighted by molar-refractivity contribution is 7.71. The molecule has 0 aliphatic carbocycles. The lowest BCUT2D eigenvalue weighted by molar-refractivity contribution is -0.116. The number of imidazole rings is 1. The zero-order valence-corrected chi connectivity index (χ0v) is 16.5. The number of nitrogens with one attached hydrogen (secondary N) is 3. The van der Waals surface area contributed by atoms with E-state index in [-0.39, 0.29) is 18.3 Å². The number of aromatic amines is 2. The summed E-state index contributed by atoms with van der Waals surface area (Å²) in [4.78, 5) is 20.2. The zero-order valence-electron chi connectivity index (χ0n) is 15.7. The van der Waals surface area contributed by atoms with Crippen LogP contribution in [0.25, 0.3) is 22.4 Å². The van der Waals surface area contributed by atoms with Crippen LogP contribution in [0.5, 0.6) is 0 Å². The van der Waals surface area contributed by atoms with E-state index in [0.717, 1.165) is 35.3 Å². The number of H-pyrrole nitrogens is 2. The number of amides is 1. The molecule has 2 heterocycles. The van der Waals surface area contributed by atoms with Gasteiger partial charge in [0, 0.05) is 17.7 Å². The van der Waals surface area contributed by atoms with E-state index in [1.807, 2.05) is 19.1 Å². The van der Waals surface area contributed by atoms with E-state index in [9.17, 15) is 9.18 Å². The number of hydrogen-bond acceptors (Lipinski definition) is 4. The van der Waals surface area contributed by atoms with Crippen LogP contribution in [0.3, 0.4) is 0 Å². The highest BCUT2D eigenvalue weighted by atomic mass is 32.1. The molecule has 4 aromatic rings. The van der Waals surface area contributed by atoms with Crippen LogP contribution < -0.4 is 5.32 Å². The van der Waals surface area contributed by atoms with Gasteiger partial charge in [0.05, 0.1) is 11.0 Å². The molecule has 0 fully saturated rings. The Kier molecular flexibility index (Phi) is 5.22. The lowest BCUT2D eigenvalue weighted by atomic mass is 10.2. The molecule has 0 bridgehead atoms. The molecule has 0 atom stereocenters. The molecule has 0 saturated heterocycles. The summed E-state index contributed by atoms with van der Waals surface area (Å²) in [5.74, 6) is 0.908. The second-order valence-electron chi connectivity index (χ2n) is 6.65. The quantitative estimate of drug-likeness (QED) is 0.415. The molecule has 4 rings (SSSR count). The molecule has 0 spiro atoms. The van der Waals surface area contributed by atoms with Gasteiger partial charge in [-0.25, -0.2) is 9.37 Å². The minimum Gasteiger partial charge on any atom is -0.338 e. The Balaban J connectivity index is 1.52. The lowest BCUT2D eigenvalue weighted by Crippen LogP contribution is -2.20. The Bertz CT molecular complexity index is 1220. The Morgan fingerprint density at radius 2 is 2.03 bits per heavy atom. The minimum atomic E-state index is -0.297. The molecular formula is C20H19FN6OS. The zero-order chi connectivity index (χ0) is 20.4. The molecule has 148 valence electrons. The van der Waals surface area contributed by atoms with E-state index in [1.54, 1.807) is 22.8 Å². The van der Waals surface area contributed by atoms with Crippen LogP contribution in [0.15, 0.2) is 42.5 Å². The first-order valence-electron chi connectivity index (χ1n) is 9.23. The van der Waals surface area contributed by atoms with E-state index in [2.05, 4.69) is 25.5 Å². The minimum absolute atomic E-state index is 0.0898. The Morgan fingerprint density at radius 1 is 1.24 bits per heavy atom. The number of aryl methyl sites for hydroxylation is 1. The summed E-state index contributed by atoms with van der Waals surface area (Å²) in [5.41, 5.74) is 2.95. The number of hydrogen-bond donors (Lipinski definition) is 3. The number of rotatable bonds is 6. The van der Waals surface area contributed by atoms with Crippen molar-refractivity contribution in [1.82, 2.24) is 24.7 Å². The Morgan fingerprint density at radius 3 is 2.79 bits per heavy atom. The number of halogens is 1. The van der Waals surface area contributed by atoms with Crippen LogP contribution in [-0.2, 0) is 17.8 Å². The topological polar surface area (TPSA) is 91.4 Å². The average molecular weight is 410 g/mol. The summed E-state index contributed by atoms with van der Waals surface area (Å²) in [7, 11) is 0. The van der Waals surface area contributed by atoms with Crippen LogP contribution in [-0.4, -0.2) is 30.6 Å². The van der Waals surface area contributed by atoms with Crippen LogP contribution in [0.1, 0.15) is 19.2 Å². The molecule has 29 heavy (non-hydrogen) atoms. The molecule has 3 N–H and O–H groups in total. The molecule has 0 saturated carbocycles. The molecule has 1 amide bonds. The molecule has 9 heteroatoms. The summed E-state index contributed by atoms with van der Waals surface area (Å²) in [6.07, 6.45) is 1.65. The predicted molar refractivity (Wildman–Crippen MR) is 112 cm³/mol. The third-order valence-electron chi connectivity index (χ3n) is 4.50. The van der Waals surface area contributed by atoms with Gasteiger partial charge in [-0.15, -0.1) is 0 Å². The molecule has 0 aliphatic rings. The van der Waals surface area contributed by atoms with Crippen LogP contribution >= 0.6 is 12.2 Å². The van der Waals surface area contributed by atoms with Gasteiger partial charge in [0.1, 0.15) is 24.0 Å². The monoisotopic (exact) mass is 410 g/mol. The summed E-state index contributed by atoms with van der Waals surface area (Å²) >= 11 is 5.22. The number of benzene rings is 2. The number of anilines is 1. The summed E-state index contributed by atoms with van der Waals surface area (Å²) in [6.45, 7) is 2.13. The van der Waals surface area contributed by atoms with Crippen molar-refractivity contribution in [3.05, 3.63) is 58.9 Å². The lowest BCUT2D eigenvalue weighted by Gasteiger charge is -2.08. The number of carbonyl (C=O) groups is 1. The van der Waals surface area contributed by atoms with Gasteiger partial charge in [-0.3, -0.25) is 14.5 Å². The fourth-order valence-corrected chi connectivity index (χ4v) is 3.32. The summed E-state index contributed by atoms with van der Waals surface area (Å²) < 4.78 is 15.3. The van der Waals surface area contributed by atoms with Gasteiger partial charge in [0.2, 0.25) is 5.91 Å². The maximum Gasteiger partial charge on any atom is 0.244 e. The molecule has 2 aromatic heterocycles. The number of fused-ring (bicyclic) bond motifs is 1. The molecule has 0 unspecified atom stereocenters. The first kappa shape index (κ1) is 19.0. The highest BCUT2D eigenvalue weighted by Crippen LogP contribution is 2.23. The van der Waals surface area contributed by atoms with Gasteiger partial charge in [-0.05, 0) is 61.1 Å². The fourth-order valence-electron chi connectivity index (χ4n) is 3.10. The van der Waals surface area contributed by atoms with Crippen molar-refractivity contribution in [3.63, 3.8) is 0 Å². The van der Waals surface area contributed by atoms with Gasteiger partial charge >= 0.3 is 0 Å². The third kappa shape index (κ3) is 4.09. The van der Waals surface area contributed by atoms with Gasteiger partial charge in [0.25, 0.3) is 0 Å². The Hall–Kier alpha value is -3.33. The number of carbonyl (C=O) groups excluding carboxylic acids is 1. The highest BCUT2D eigenvalue weighted by Gasteiger charge is 2.11. The number of aromatic nitrogens is 5. The summed E-state index contributed by atoms with van der Waals surface area (Å²) in [5, 5.41) is 9.79. The average Bonchev–Trinajstić information content (AvgIpc) is 3.27. The van der Waals surface area contributed by atoms with Crippen molar-refractivity contribution in [3.8, 4) is 11.4 Å². The predicted octanol–water partition coefficient (Wildman–Crippen LogP) is 4.21. The van der Waals surface area contributed by atoms with Crippen molar-refractivity contribution < 1.29 is 9.18 Å². The standard InChI is InChI=1S/C20H19FN6OS/c1-2-3-17-25-26-20(29)27(17)11-18(28)22-14-8-9-15-16(10-14)24-19(23-15)12-4-6-13(21)7-5-12/h4-10H,2-3,11H2,1H3,(H,22,28)(H,23,24)(H,26,29). The van der Waals surface area contributed by atoms with Gasteiger partial charge in [-0.2, -0.15) is 5.10 Å². The van der Waals surface area contributed by atoms with Gasteiger partial charge < -0.3 is 10.3 Å². The first-order valence-corrected chi connectivity index (χ1v) is 9.64. The second-order valence-corrected chi connectivity index (χ2v) is 7.04. The molecule has 7 nitrogen and oxygen atoms in total. The largest absolute Gasteiger partial charge is 0.338 e. The van der Waals surface area contributed by atoms with Crippen LogP contribution in [0.4, 0.5) is 10.1 Å². The third-order valence-corrected chi connectivity index (χ3v) is 4.81. The Labute approximate surface area is 171 Å². The second kappa shape index (κ2) is 7.96. The van der Waals surface area contributed by atoms with Crippen molar-refractivity contribution in [2.45, 2.75) is 26.3 Å². The van der Waals surface area contributed by atoms with E-state index in [1.165, 1.54) is 12.1 Å². The van der Waals surface area contributed by atoms with Crippen molar-refractivity contribution in [2.24, 2.45) is 0 Å². The number of nitrogens with zero attached hydrogens (tertiary/aromatic N) is 3. The van der Waals surface area contributed by atoms with Crippen LogP contribution in [0, 0.1) is 10.6 Å². The first-order chi connectivity index (χ1) is 14.0. The smallest absolute Gasteiger partial charge is 0.244 e. The van der Waals surface area contributed by atoms with Crippen molar-refractivity contribution in [2.75, 3.05) is 5.32 Å². The van der Waals surface area contributed by atoms with Crippen LogP contribution in [0.2, 0.25) is 0 Å². The maximum atomic E-state index is 13.1. The van der Waals surface area contributed by atoms with Crippen molar-refractivity contribution in [1.29, 1.82) is 0 Å². The SMILES string of the molecule is CCCc1n[nH]c(=S)n1CC(=O)Nc1ccc2nc(-c3ccc(F)cc3)[nH]c2c1. The van der Waals surface area contributed by atoms with Gasteiger partial charge in [0.15, 0.2) is 4.77 Å². The van der Waals surface area contributed by atoms with Crippen molar-refractivity contribution >= 4 is 34.8 Å². The van der Waals surface area contributed by atoms with E-state index >= 15 is 0 Å². The van der Waals surface area contributed by atoms with Gasteiger partial charge in [-0.1, -0.05) is 6.92 Å². The van der Waals surface area contributed by atoms with E-state index < -0.39 is 0 Å². The maximum absolute atomic E-state index is 13.1.